The molecule has 0 radical (unpaired) electrons. The second-order valence-corrected chi connectivity index (χ2v) is 3.15. The van der Waals surface area contributed by atoms with E-state index in [-0.39, 0.29) is 0 Å². The molecular formula is C10H10ClNO. The van der Waals surface area contributed by atoms with Gasteiger partial charge in [0, 0.05) is 5.02 Å². The molecule has 0 fully saturated rings. The summed E-state index contributed by atoms with van der Waals surface area (Å²) in [6, 6.07) is 5.67. The van der Waals surface area contributed by atoms with Crippen molar-refractivity contribution >= 4 is 11.6 Å². The van der Waals surface area contributed by atoms with Gasteiger partial charge < -0.3 is 4.74 Å². The normalized spacial score (nSPS) is 9.38. The molecule has 0 amide bonds. The molecule has 1 rings (SSSR count). The van der Waals surface area contributed by atoms with Gasteiger partial charge in [-0.25, -0.2) is 0 Å². The molecule has 2 nitrogen and oxygen atoms in total. The smallest absolute Gasteiger partial charge is 0.120 e. The molecule has 1 aromatic rings. The monoisotopic (exact) mass is 195 g/mol. The lowest BCUT2D eigenvalue weighted by atomic mass is 10.1. The number of ether oxygens (including phenoxy) is 1. The van der Waals surface area contributed by atoms with Crippen LogP contribution in [-0.4, -0.2) is 7.11 Å². The Morgan fingerprint density at radius 1 is 1.54 bits per heavy atom. The van der Waals surface area contributed by atoms with Crippen LogP contribution in [0.4, 0.5) is 0 Å². The first-order valence-electron chi connectivity index (χ1n) is 3.89. The van der Waals surface area contributed by atoms with Crippen LogP contribution in [0.15, 0.2) is 12.1 Å². The molecule has 0 aromatic heterocycles. The van der Waals surface area contributed by atoms with E-state index in [0.29, 0.717) is 11.4 Å². The molecule has 0 aliphatic heterocycles. The quantitative estimate of drug-likeness (QED) is 0.727. The number of aryl methyl sites for hydroxylation is 1. The summed E-state index contributed by atoms with van der Waals surface area (Å²) in [5, 5.41) is 9.15. The van der Waals surface area contributed by atoms with Crippen LogP contribution in [-0.2, 0) is 6.42 Å². The molecule has 0 aliphatic rings. The molecule has 0 unspecified atom stereocenters. The number of nitriles is 1. The van der Waals surface area contributed by atoms with E-state index in [4.69, 9.17) is 21.6 Å². The minimum absolute atomic E-state index is 0.342. The zero-order valence-electron chi connectivity index (χ0n) is 7.60. The third-order valence-electron chi connectivity index (χ3n) is 1.88. The van der Waals surface area contributed by atoms with Crippen LogP contribution in [0.3, 0.4) is 0 Å². The molecule has 0 aliphatic carbocycles. The van der Waals surface area contributed by atoms with Crippen molar-refractivity contribution in [3.05, 3.63) is 28.3 Å². The van der Waals surface area contributed by atoms with Gasteiger partial charge in [-0.15, -0.1) is 0 Å². The zero-order valence-corrected chi connectivity index (χ0v) is 8.35. The second-order valence-electron chi connectivity index (χ2n) is 2.74. The van der Waals surface area contributed by atoms with Crippen molar-refractivity contribution in [3.63, 3.8) is 0 Å². The molecule has 0 saturated heterocycles. The van der Waals surface area contributed by atoms with Crippen LogP contribution < -0.4 is 4.74 Å². The average Bonchev–Trinajstić information content (AvgIpc) is 2.11. The molecule has 0 atom stereocenters. The summed E-state index contributed by atoms with van der Waals surface area (Å²) >= 11 is 5.96. The van der Waals surface area contributed by atoms with Crippen LogP contribution in [0.1, 0.15) is 11.1 Å². The Morgan fingerprint density at radius 3 is 2.69 bits per heavy atom. The highest BCUT2D eigenvalue weighted by molar-refractivity contribution is 6.31. The van der Waals surface area contributed by atoms with Crippen LogP contribution in [0.25, 0.3) is 0 Å². The standard InChI is InChI=1S/C10H10ClNO/c1-7-5-8(13-2)6-10(11)9(7)3-4-12/h5-6H,3H2,1-2H3. The van der Waals surface area contributed by atoms with Crippen LogP contribution in [0, 0.1) is 18.3 Å². The maximum atomic E-state index is 8.56. The molecule has 0 bridgehead atoms. The summed E-state index contributed by atoms with van der Waals surface area (Å²) in [5.74, 6) is 0.726. The van der Waals surface area contributed by atoms with E-state index < -0.39 is 0 Å². The highest BCUT2D eigenvalue weighted by atomic mass is 35.5. The maximum absolute atomic E-state index is 8.56. The predicted molar refractivity (Wildman–Crippen MR) is 52.1 cm³/mol. The Kier molecular flexibility index (Phi) is 3.16. The summed E-state index contributed by atoms with van der Waals surface area (Å²) in [4.78, 5) is 0. The molecule has 68 valence electrons. The van der Waals surface area contributed by atoms with Gasteiger partial charge in [0.05, 0.1) is 19.6 Å². The van der Waals surface area contributed by atoms with Crippen molar-refractivity contribution in [2.75, 3.05) is 7.11 Å². The number of methoxy groups -OCH3 is 1. The summed E-state index contributed by atoms with van der Waals surface area (Å²) in [6.45, 7) is 1.92. The maximum Gasteiger partial charge on any atom is 0.120 e. The molecule has 3 heteroatoms. The molecular weight excluding hydrogens is 186 g/mol. The first kappa shape index (κ1) is 9.88. The summed E-state index contributed by atoms with van der Waals surface area (Å²) < 4.78 is 5.04. The van der Waals surface area contributed by atoms with E-state index in [1.54, 1.807) is 13.2 Å². The highest BCUT2D eigenvalue weighted by Crippen LogP contribution is 2.26. The molecule has 0 spiro atoms. The van der Waals surface area contributed by atoms with E-state index in [9.17, 15) is 0 Å². The molecule has 0 N–H and O–H groups in total. The predicted octanol–water partition coefficient (Wildman–Crippen LogP) is 2.72. The van der Waals surface area contributed by atoms with Crippen LogP contribution in [0.5, 0.6) is 5.75 Å². The molecule has 13 heavy (non-hydrogen) atoms. The molecule has 0 saturated carbocycles. The van der Waals surface area contributed by atoms with E-state index in [1.165, 1.54) is 0 Å². The number of benzene rings is 1. The van der Waals surface area contributed by atoms with Crippen molar-refractivity contribution in [3.8, 4) is 11.8 Å². The Labute approximate surface area is 82.7 Å². The zero-order chi connectivity index (χ0) is 9.84. The van der Waals surface area contributed by atoms with Crippen molar-refractivity contribution in [2.45, 2.75) is 13.3 Å². The lowest BCUT2D eigenvalue weighted by Crippen LogP contribution is -1.91. The van der Waals surface area contributed by atoms with Gasteiger partial charge in [-0.2, -0.15) is 5.26 Å². The third kappa shape index (κ3) is 2.13. The first-order chi connectivity index (χ1) is 6.19. The third-order valence-corrected chi connectivity index (χ3v) is 2.22. The van der Waals surface area contributed by atoms with Crippen LogP contribution >= 0.6 is 11.6 Å². The van der Waals surface area contributed by atoms with Crippen molar-refractivity contribution in [1.82, 2.24) is 0 Å². The van der Waals surface area contributed by atoms with Crippen molar-refractivity contribution < 1.29 is 4.74 Å². The van der Waals surface area contributed by atoms with Gasteiger partial charge >= 0.3 is 0 Å². The van der Waals surface area contributed by atoms with Gasteiger partial charge in [-0.3, -0.25) is 0 Å². The Balaban J connectivity index is 3.16. The Hall–Kier alpha value is -1.20. The number of rotatable bonds is 2. The summed E-state index contributed by atoms with van der Waals surface area (Å²) in [6.07, 6.45) is 0.342. The fourth-order valence-corrected chi connectivity index (χ4v) is 1.49. The number of hydrogen-bond acceptors (Lipinski definition) is 2. The fraction of sp³-hybridized carbons (Fsp3) is 0.300. The van der Waals surface area contributed by atoms with E-state index in [0.717, 1.165) is 16.9 Å². The number of hydrogen-bond donors (Lipinski definition) is 0. The lowest BCUT2D eigenvalue weighted by molar-refractivity contribution is 0.414. The van der Waals surface area contributed by atoms with Gasteiger partial charge in [-0.05, 0) is 30.2 Å². The minimum Gasteiger partial charge on any atom is -0.497 e. The van der Waals surface area contributed by atoms with E-state index >= 15 is 0 Å². The van der Waals surface area contributed by atoms with Gasteiger partial charge in [0.2, 0.25) is 0 Å². The average molecular weight is 196 g/mol. The van der Waals surface area contributed by atoms with Gasteiger partial charge in [0.25, 0.3) is 0 Å². The van der Waals surface area contributed by atoms with E-state index in [2.05, 4.69) is 6.07 Å². The van der Waals surface area contributed by atoms with Crippen molar-refractivity contribution in [1.29, 1.82) is 5.26 Å². The number of nitrogens with zero attached hydrogens (tertiary/aromatic N) is 1. The van der Waals surface area contributed by atoms with Gasteiger partial charge in [0.1, 0.15) is 5.75 Å². The molecule has 1 aromatic carbocycles. The van der Waals surface area contributed by atoms with Gasteiger partial charge in [0.15, 0.2) is 0 Å². The second kappa shape index (κ2) is 4.15. The summed E-state index contributed by atoms with van der Waals surface area (Å²) in [7, 11) is 1.59. The lowest BCUT2D eigenvalue weighted by Gasteiger charge is -2.07. The van der Waals surface area contributed by atoms with Crippen molar-refractivity contribution in [2.24, 2.45) is 0 Å². The molecule has 0 heterocycles. The largest absolute Gasteiger partial charge is 0.497 e. The highest BCUT2D eigenvalue weighted by Gasteiger charge is 2.05. The number of halogens is 1. The van der Waals surface area contributed by atoms with E-state index in [1.807, 2.05) is 13.0 Å². The Morgan fingerprint density at radius 2 is 2.23 bits per heavy atom. The summed E-state index contributed by atoms with van der Waals surface area (Å²) in [5.41, 5.74) is 1.87. The first-order valence-corrected chi connectivity index (χ1v) is 4.26. The topological polar surface area (TPSA) is 33.0 Å². The Bertz CT molecular complexity index is 331. The van der Waals surface area contributed by atoms with Gasteiger partial charge in [-0.1, -0.05) is 11.6 Å². The SMILES string of the molecule is COc1cc(C)c(CC#N)c(Cl)c1. The fourth-order valence-electron chi connectivity index (χ4n) is 1.16. The minimum atomic E-state index is 0.342. The van der Waals surface area contributed by atoms with Crippen LogP contribution in [0.2, 0.25) is 5.02 Å².